The summed E-state index contributed by atoms with van der Waals surface area (Å²) in [5.74, 6) is -4.62. The van der Waals surface area contributed by atoms with Crippen LogP contribution in [0.25, 0.3) is 0 Å². The van der Waals surface area contributed by atoms with E-state index >= 15 is 0 Å². The second kappa shape index (κ2) is 22.0. The lowest BCUT2D eigenvalue weighted by Crippen LogP contribution is -2.61. The molecule has 2 bridgehead atoms. The molecule has 0 unspecified atom stereocenters. The van der Waals surface area contributed by atoms with Crippen LogP contribution in [0.4, 0.5) is 0 Å². The molecule has 18 atom stereocenters. The first kappa shape index (κ1) is 55.3. The second-order valence-electron chi connectivity index (χ2n) is 20.8. The first-order valence-corrected chi connectivity index (χ1v) is 25.8. The van der Waals surface area contributed by atoms with Crippen LogP contribution in [0.1, 0.15) is 106 Å². The third-order valence-electron chi connectivity index (χ3n) is 15.3. The molecule has 21 heteroatoms. The molecular weight excluding hydrogens is 919 g/mol. The molecule has 0 aliphatic carbocycles. The monoisotopic (exact) mass is 996 g/mol. The SMILES string of the molecule is CC[C@H]1OC(=O)[C@H](C)[C@@H](O[C@H]2C[C@@](C)(OC)[C@@H](O)[C@H](C)O2)[C@H](C)[C@@H](O[C@@H]2O[C@H](C)C[C@H](N(C)CCCc3cn(Cc4ccc(S(N)(=O)=O)cc4)nn3)[C@H]2O)[C@@]2(C)C[C@@H](CO2)C(=O)[C@H](C)[C@@H](O)[C@]1(C)O. The summed E-state index contributed by atoms with van der Waals surface area (Å²) in [6.45, 7) is 16.2. The number of carbonyl (C=O) groups excluding carboxylic acids is 2. The lowest BCUT2D eigenvalue weighted by atomic mass is 9.75. The maximum absolute atomic E-state index is 14.4. The van der Waals surface area contributed by atoms with Crippen molar-refractivity contribution >= 4 is 21.8 Å². The van der Waals surface area contributed by atoms with Gasteiger partial charge in [-0.25, -0.2) is 18.2 Å². The minimum absolute atomic E-state index is 0.0138. The number of likely N-dealkylation sites (N-methyl/N-ethyl adjacent to an activating group) is 1. The number of benzene rings is 1. The van der Waals surface area contributed by atoms with Crippen LogP contribution in [-0.2, 0) is 65.7 Å². The summed E-state index contributed by atoms with van der Waals surface area (Å²) in [4.78, 5) is 30.7. The Morgan fingerprint density at radius 2 is 1.65 bits per heavy atom. The van der Waals surface area contributed by atoms with Gasteiger partial charge in [-0.1, -0.05) is 38.1 Å². The average molecular weight is 996 g/mol. The number of ether oxygens (including phenoxy) is 7. The third kappa shape index (κ3) is 12.3. The van der Waals surface area contributed by atoms with Gasteiger partial charge in [-0.05, 0) is 105 Å². The van der Waals surface area contributed by atoms with Crippen molar-refractivity contribution in [2.75, 3.05) is 27.3 Å². The second-order valence-corrected chi connectivity index (χ2v) is 22.3. The van der Waals surface area contributed by atoms with E-state index in [9.17, 15) is 38.4 Å². The number of cyclic esters (lactones) is 1. The van der Waals surface area contributed by atoms with Gasteiger partial charge in [-0.15, -0.1) is 5.10 Å². The van der Waals surface area contributed by atoms with Gasteiger partial charge in [-0.2, -0.15) is 0 Å². The third-order valence-corrected chi connectivity index (χ3v) is 16.2. The summed E-state index contributed by atoms with van der Waals surface area (Å²) in [5.41, 5.74) is -2.70. The summed E-state index contributed by atoms with van der Waals surface area (Å²) in [7, 11) is -0.378. The van der Waals surface area contributed by atoms with Crippen LogP contribution in [-0.4, -0.2) is 172 Å². The highest BCUT2D eigenvalue weighted by Crippen LogP contribution is 2.44. The molecule has 4 fully saturated rings. The van der Waals surface area contributed by atoms with Crippen LogP contribution in [0, 0.1) is 23.7 Å². The van der Waals surface area contributed by atoms with Crippen LogP contribution in [0.2, 0.25) is 0 Å². The molecule has 4 saturated heterocycles. The molecule has 5 heterocycles. The molecule has 0 amide bonds. The number of aryl methyl sites for hydroxylation is 1. The summed E-state index contributed by atoms with van der Waals surface area (Å²) in [6, 6.07) is 5.85. The molecule has 20 nitrogen and oxygen atoms in total. The molecule has 0 saturated carbocycles. The highest BCUT2D eigenvalue weighted by molar-refractivity contribution is 7.89. The number of nitrogens with two attached hydrogens (primary N) is 1. The van der Waals surface area contributed by atoms with E-state index in [1.54, 1.807) is 51.4 Å². The Labute approximate surface area is 406 Å². The molecule has 6 rings (SSSR count). The number of carbonyl (C=O) groups is 2. The summed E-state index contributed by atoms with van der Waals surface area (Å²) >= 11 is 0. The fraction of sp³-hybridized carbons (Fsp3) is 0.792. The Hall–Kier alpha value is -3.03. The summed E-state index contributed by atoms with van der Waals surface area (Å²) in [6.07, 6.45) is -6.24. The van der Waals surface area contributed by atoms with Crippen LogP contribution in [0.5, 0.6) is 0 Å². The zero-order chi connectivity index (χ0) is 51.0. The normalized spacial score (nSPS) is 40.7. The number of aliphatic hydroxyl groups is 4. The Bertz CT molecular complexity index is 2160. The van der Waals surface area contributed by atoms with Crippen LogP contribution in [0.3, 0.4) is 0 Å². The number of aliphatic hydroxyl groups excluding tert-OH is 3. The predicted molar refractivity (Wildman–Crippen MR) is 249 cm³/mol. The zero-order valence-corrected chi connectivity index (χ0v) is 42.8. The van der Waals surface area contributed by atoms with E-state index < -0.39 is 118 Å². The van der Waals surface area contributed by atoms with Gasteiger partial charge in [0.2, 0.25) is 10.0 Å². The van der Waals surface area contributed by atoms with E-state index in [1.165, 1.54) is 26.2 Å². The average Bonchev–Trinajstić information content (AvgIpc) is 3.93. The number of fused-ring (bicyclic) bond motifs is 2. The number of methoxy groups -OCH3 is 1. The molecule has 1 aromatic heterocycles. The molecule has 0 spiro atoms. The fourth-order valence-corrected chi connectivity index (χ4v) is 11.4. The van der Waals surface area contributed by atoms with E-state index in [0.717, 1.165) is 11.3 Å². The smallest absolute Gasteiger partial charge is 0.311 e. The van der Waals surface area contributed by atoms with Gasteiger partial charge in [0.1, 0.15) is 29.7 Å². The first-order valence-electron chi connectivity index (χ1n) is 24.3. The van der Waals surface area contributed by atoms with E-state index in [4.69, 9.17) is 38.3 Å². The van der Waals surface area contributed by atoms with Crippen molar-refractivity contribution < 1.29 is 71.6 Å². The number of hydrogen-bond donors (Lipinski definition) is 5. The minimum Gasteiger partial charge on any atom is -0.459 e. The summed E-state index contributed by atoms with van der Waals surface area (Å²) in [5, 5.41) is 60.4. The molecule has 6 N–H and O–H groups in total. The molecule has 2 aromatic rings. The van der Waals surface area contributed by atoms with Crippen molar-refractivity contribution in [1.82, 2.24) is 19.9 Å². The van der Waals surface area contributed by atoms with Gasteiger partial charge in [0.25, 0.3) is 0 Å². The van der Waals surface area contributed by atoms with Crippen molar-refractivity contribution in [3.05, 3.63) is 41.7 Å². The topological polar surface area (TPSA) is 274 Å². The number of rotatable bonds is 14. The van der Waals surface area contributed by atoms with Crippen molar-refractivity contribution in [3.63, 3.8) is 0 Å². The number of aromatic nitrogens is 3. The van der Waals surface area contributed by atoms with Crippen LogP contribution in [0.15, 0.2) is 35.4 Å². The largest absolute Gasteiger partial charge is 0.459 e. The number of primary sulfonamides is 1. The molecule has 1 aromatic carbocycles. The standard InChI is InChI=1S/C48H77N5O15S/c1-12-36-48(9,59)41(56)27(3)38(54)32-21-47(8,63-25-32)43(28(4)40(29(5)44(58)66-36)67-37-22-46(7,62-11)42(57)30(6)65-37)68-45-39(55)35(20-26(2)64-45)52(10)19-13-14-33-24-53(51-50-33)23-31-15-17-34(18-16-31)69(49,60)61/h15-18,24,26-30,32,35-37,39-43,45,55-57,59H,12-14,19-23,25H2,1-11H3,(H2,49,60,61)/t26-,27+,28+,29-,30+,32+,35+,36-,37+,39-,40+,41-,42+,43-,45+,46-,47-,48-/m1/s1. The molecule has 4 aliphatic rings. The number of sulfonamides is 1. The minimum atomic E-state index is -3.80. The first-order chi connectivity index (χ1) is 32.2. The number of ketones is 1. The Morgan fingerprint density at radius 1 is 0.971 bits per heavy atom. The Balaban J connectivity index is 1.24. The van der Waals surface area contributed by atoms with Gasteiger partial charge < -0.3 is 58.5 Å². The predicted octanol–water partition coefficient (Wildman–Crippen LogP) is 2.09. The van der Waals surface area contributed by atoms with Gasteiger partial charge in [0.05, 0.1) is 71.4 Å². The van der Waals surface area contributed by atoms with Crippen molar-refractivity contribution in [2.24, 2.45) is 28.8 Å². The fourth-order valence-electron chi connectivity index (χ4n) is 10.9. The lowest BCUT2D eigenvalue weighted by Gasteiger charge is -2.49. The number of Topliss-reactive ketones (excluding diaryl/α,β-unsaturated/α-hetero) is 1. The van der Waals surface area contributed by atoms with E-state index in [0.29, 0.717) is 32.4 Å². The van der Waals surface area contributed by atoms with Gasteiger partial charge in [-0.3, -0.25) is 9.59 Å². The Morgan fingerprint density at radius 3 is 2.29 bits per heavy atom. The number of nitrogens with zero attached hydrogens (tertiary/aromatic N) is 4. The maximum atomic E-state index is 14.4. The quantitative estimate of drug-likeness (QED) is 0.170. The van der Waals surface area contributed by atoms with Gasteiger partial charge >= 0.3 is 5.97 Å². The van der Waals surface area contributed by atoms with Crippen LogP contribution >= 0.6 is 0 Å². The highest BCUT2D eigenvalue weighted by atomic mass is 32.2. The van der Waals surface area contributed by atoms with Gasteiger partial charge in [0.15, 0.2) is 12.6 Å². The van der Waals surface area contributed by atoms with Gasteiger partial charge in [0, 0.05) is 43.5 Å². The van der Waals surface area contributed by atoms with E-state index in [-0.39, 0.29) is 42.7 Å². The van der Waals surface area contributed by atoms with Crippen molar-refractivity contribution in [1.29, 1.82) is 0 Å². The number of esters is 1. The lowest BCUT2D eigenvalue weighted by molar-refractivity contribution is -0.317. The molecular formula is C48H77N5O15S. The molecule has 69 heavy (non-hydrogen) atoms. The molecule has 390 valence electrons. The molecule has 0 radical (unpaired) electrons. The zero-order valence-electron chi connectivity index (χ0n) is 42.0. The number of hydrogen-bond acceptors (Lipinski definition) is 18. The van der Waals surface area contributed by atoms with Crippen LogP contribution < -0.4 is 5.14 Å². The van der Waals surface area contributed by atoms with E-state index in [1.807, 2.05) is 34.0 Å². The van der Waals surface area contributed by atoms with Crippen molar-refractivity contribution in [2.45, 2.75) is 197 Å². The summed E-state index contributed by atoms with van der Waals surface area (Å²) < 4.78 is 69.8. The Kier molecular flexibility index (Phi) is 17.6. The highest BCUT2D eigenvalue weighted by Gasteiger charge is 2.56. The molecule has 4 aliphatic heterocycles. The van der Waals surface area contributed by atoms with E-state index in [2.05, 4.69) is 15.2 Å². The van der Waals surface area contributed by atoms with Crippen molar-refractivity contribution in [3.8, 4) is 0 Å². The maximum Gasteiger partial charge on any atom is 0.311 e.